The SMILES string of the molecule is CCN(CC)c1ccc(NC(=O)C(=O)Nc2cccc(Cl)c2)cc1. The van der Waals surface area contributed by atoms with Crippen LogP contribution in [-0.4, -0.2) is 24.9 Å². The number of anilines is 3. The summed E-state index contributed by atoms with van der Waals surface area (Å²) in [4.78, 5) is 26.1. The van der Waals surface area contributed by atoms with Crippen LogP contribution in [0.1, 0.15) is 13.8 Å². The van der Waals surface area contributed by atoms with Gasteiger partial charge in [0.2, 0.25) is 0 Å². The number of benzene rings is 2. The van der Waals surface area contributed by atoms with Gasteiger partial charge in [-0.3, -0.25) is 9.59 Å². The van der Waals surface area contributed by atoms with Gasteiger partial charge in [-0.25, -0.2) is 0 Å². The molecule has 0 atom stereocenters. The van der Waals surface area contributed by atoms with E-state index in [2.05, 4.69) is 29.4 Å². The molecule has 0 aromatic heterocycles. The normalized spacial score (nSPS) is 10.1. The molecule has 0 aliphatic rings. The van der Waals surface area contributed by atoms with Gasteiger partial charge in [-0.15, -0.1) is 0 Å². The van der Waals surface area contributed by atoms with Crippen molar-refractivity contribution in [1.29, 1.82) is 0 Å². The maximum absolute atomic E-state index is 12.0. The lowest BCUT2D eigenvalue weighted by Gasteiger charge is -2.21. The molecule has 2 rings (SSSR count). The molecule has 5 nitrogen and oxygen atoms in total. The van der Waals surface area contributed by atoms with Crippen molar-refractivity contribution in [3.05, 3.63) is 53.6 Å². The summed E-state index contributed by atoms with van der Waals surface area (Å²) in [5, 5.41) is 5.57. The molecule has 24 heavy (non-hydrogen) atoms. The van der Waals surface area contributed by atoms with Crippen molar-refractivity contribution in [3.8, 4) is 0 Å². The first-order valence-corrected chi connectivity index (χ1v) is 8.14. The summed E-state index contributed by atoms with van der Waals surface area (Å²) in [7, 11) is 0. The summed E-state index contributed by atoms with van der Waals surface area (Å²) in [6, 6.07) is 14.0. The number of halogens is 1. The molecule has 2 N–H and O–H groups in total. The van der Waals surface area contributed by atoms with Crippen LogP contribution in [0.3, 0.4) is 0 Å². The molecular formula is C18H20ClN3O2. The third-order valence-electron chi connectivity index (χ3n) is 3.54. The van der Waals surface area contributed by atoms with Gasteiger partial charge in [0.1, 0.15) is 0 Å². The molecule has 0 bridgehead atoms. The van der Waals surface area contributed by atoms with Crippen LogP contribution in [0.2, 0.25) is 5.02 Å². The fourth-order valence-corrected chi connectivity index (χ4v) is 2.48. The molecular weight excluding hydrogens is 326 g/mol. The number of carbonyl (C=O) groups excluding carboxylic acids is 2. The highest BCUT2D eigenvalue weighted by Gasteiger charge is 2.14. The van der Waals surface area contributed by atoms with Gasteiger partial charge in [0.05, 0.1) is 0 Å². The summed E-state index contributed by atoms with van der Waals surface area (Å²) in [6.45, 7) is 5.98. The van der Waals surface area contributed by atoms with E-state index in [9.17, 15) is 9.59 Å². The number of amides is 2. The highest BCUT2D eigenvalue weighted by Crippen LogP contribution is 2.18. The molecule has 0 unspecified atom stereocenters. The second-order valence-electron chi connectivity index (χ2n) is 5.14. The first kappa shape index (κ1) is 17.8. The third kappa shape index (κ3) is 4.73. The number of rotatable bonds is 5. The molecule has 0 saturated carbocycles. The molecule has 2 aromatic rings. The lowest BCUT2D eigenvalue weighted by molar-refractivity contribution is -0.132. The molecule has 0 radical (unpaired) electrons. The summed E-state index contributed by atoms with van der Waals surface area (Å²) < 4.78 is 0. The van der Waals surface area contributed by atoms with E-state index in [1.165, 1.54) is 0 Å². The molecule has 6 heteroatoms. The molecule has 2 aromatic carbocycles. The van der Waals surface area contributed by atoms with Crippen LogP contribution in [0, 0.1) is 0 Å². The summed E-state index contributed by atoms with van der Waals surface area (Å²) >= 11 is 5.85. The van der Waals surface area contributed by atoms with Gasteiger partial charge < -0.3 is 15.5 Å². The Morgan fingerprint density at radius 2 is 1.50 bits per heavy atom. The van der Waals surface area contributed by atoms with Gasteiger partial charge in [-0.1, -0.05) is 17.7 Å². The van der Waals surface area contributed by atoms with Gasteiger partial charge in [-0.2, -0.15) is 0 Å². The second kappa shape index (κ2) is 8.36. The number of nitrogens with zero attached hydrogens (tertiary/aromatic N) is 1. The van der Waals surface area contributed by atoms with E-state index in [0.717, 1.165) is 18.8 Å². The average Bonchev–Trinajstić information content (AvgIpc) is 2.57. The van der Waals surface area contributed by atoms with Crippen molar-refractivity contribution in [2.75, 3.05) is 28.6 Å². The van der Waals surface area contributed by atoms with Gasteiger partial charge in [-0.05, 0) is 56.3 Å². The number of hydrogen-bond donors (Lipinski definition) is 2. The Morgan fingerprint density at radius 1 is 0.917 bits per heavy atom. The van der Waals surface area contributed by atoms with E-state index in [-0.39, 0.29) is 0 Å². The van der Waals surface area contributed by atoms with Crippen molar-refractivity contribution in [1.82, 2.24) is 0 Å². The van der Waals surface area contributed by atoms with Crippen LogP contribution < -0.4 is 15.5 Å². The summed E-state index contributed by atoms with van der Waals surface area (Å²) in [6.07, 6.45) is 0. The molecule has 0 saturated heterocycles. The Labute approximate surface area is 146 Å². The second-order valence-corrected chi connectivity index (χ2v) is 5.57. The van der Waals surface area contributed by atoms with E-state index >= 15 is 0 Å². The first-order valence-electron chi connectivity index (χ1n) is 7.76. The summed E-state index contributed by atoms with van der Waals surface area (Å²) in [5.41, 5.74) is 2.11. The zero-order chi connectivity index (χ0) is 17.5. The van der Waals surface area contributed by atoms with E-state index in [1.807, 2.05) is 12.1 Å². The van der Waals surface area contributed by atoms with E-state index in [4.69, 9.17) is 11.6 Å². The molecule has 126 valence electrons. The molecule has 0 fully saturated rings. The Balaban J connectivity index is 1.97. The predicted molar refractivity (Wildman–Crippen MR) is 98.7 cm³/mol. The van der Waals surface area contributed by atoms with Gasteiger partial charge in [0.25, 0.3) is 0 Å². The highest BCUT2D eigenvalue weighted by atomic mass is 35.5. The van der Waals surface area contributed by atoms with Crippen molar-refractivity contribution in [2.45, 2.75) is 13.8 Å². The maximum Gasteiger partial charge on any atom is 0.314 e. The highest BCUT2D eigenvalue weighted by molar-refractivity contribution is 6.43. The summed E-state index contributed by atoms with van der Waals surface area (Å²) in [5.74, 6) is -1.48. The van der Waals surface area contributed by atoms with Gasteiger partial charge in [0.15, 0.2) is 0 Å². The van der Waals surface area contributed by atoms with E-state index < -0.39 is 11.8 Å². The quantitative estimate of drug-likeness (QED) is 0.811. The van der Waals surface area contributed by atoms with Crippen molar-refractivity contribution in [3.63, 3.8) is 0 Å². The topological polar surface area (TPSA) is 61.4 Å². The molecule has 0 spiro atoms. The Bertz CT molecular complexity index is 712. The van der Waals surface area contributed by atoms with E-state index in [1.54, 1.807) is 36.4 Å². The lowest BCUT2D eigenvalue weighted by Crippen LogP contribution is -2.29. The zero-order valence-electron chi connectivity index (χ0n) is 13.7. The molecule has 2 amide bonds. The maximum atomic E-state index is 12.0. The van der Waals surface area contributed by atoms with Crippen LogP contribution in [0.15, 0.2) is 48.5 Å². The van der Waals surface area contributed by atoms with Crippen LogP contribution >= 0.6 is 11.6 Å². The Morgan fingerprint density at radius 3 is 2.04 bits per heavy atom. The fourth-order valence-electron chi connectivity index (χ4n) is 2.29. The van der Waals surface area contributed by atoms with E-state index in [0.29, 0.717) is 16.4 Å². The minimum absolute atomic E-state index is 0.472. The van der Waals surface area contributed by atoms with Crippen molar-refractivity contribution < 1.29 is 9.59 Å². The third-order valence-corrected chi connectivity index (χ3v) is 3.78. The lowest BCUT2D eigenvalue weighted by atomic mass is 10.2. The number of carbonyl (C=O) groups is 2. The minimum Gasteiger partial charge on any atom is -0.372 e. The monoisotopic (exact) mass is 345 g/mol. The number of nitrogens with one attached hydrogen (secondary N) is 2. The first-order chi connectivity index (χ1) is 11.5. The molecule has 0 heterocycles. The number of hydrogen-bond acceptors (Lipinski definition) is 3. The van der Waals surface area contributed by atoms with Gasteiger partial charge >= 0.3 is 11.8 Å². The fraction of sp³-hybridized carbons (Fsp3) is 0.222. The Hall–Kier alpha value is -2.53. The zero-order valence-corrected chi connectivity index (χ0v) is 14.4. The smallest absolute Gasteiger partial charge is 0.314 e. The average molecular weight is 346 g/mol. The minimum atomic E-state index is -0.745. The largest absolute Gasteiger partial charge is 0.372 e. The Kier molecular flexibility index (Phi) is 6.21. The molecule has 0 aliphatic carbocycles. The van der Waals surface area contributed by atoms with Crippen LogP contribution in [0.25, 0.3) is 0 Å². The van der Waals surface area contributed by atoms with Gasteiger partial charge in [0, 0.05) is 35.2 Å². The van der Waals surface area contributed by atoms with Crippen LogP contribution in [0.4, 0.5) is 17.1 Å². The standard InChI is InChI=1S/C18H20ClN3O2/c1-3-22(4-2)16-10-8-14(9-11-16)20-17(23)18(24)21-15-7-5-6-13(19)12-15/h5-12H,3-4H2,1-2H3,(H,20,23)(H,21,24). The van der Waals surface area contributed by atoms with Crippen molar-refractivity contribution in [2.24, 2.45) is 0 Å². The van der Waals surface area contributed by atoms with Crippen LogP contribution in [0.5, 0.6) is 0 Å². The molecule has 0 aliphatic heterocycles. The van der Waals surface area contributed by atoms with Crippen LogP contribution in [-0.2, 0) is 9.59 Å². The van der Waals surface area contributed by atoms with Crippen molar-refractivity contribution >= 4 is 40.5 Å². The predicted octanol–water partition coefficient (Wildman–Crippen LogP) is 3.76.